The Labute approximate surface area is 113 Å². The molecular formula is C16H18OS. The van der Waals surface area contributed by atoms with Crippen LogP contribution in [0.5, 0.6) is 0 Å². The van der Waals surface area contributed by atoms with Gasteiger partial charge >= 0.3 is 0 Å². The van der Waals surface area contributed by atoms with Crippen molar-refractivity contribution in [1.82, 2.24) is 0 Å². The third kappa shape index (κ3) is 2.45. The van der Waals surface area contributed by atoms with Gasteiger partial charge < -0.3 is 5.11 Å². The van der Waals surface area contributed by atoms with E-state index in [0.717, 1.165) is 11.1 Å². The molecule has 18 heavy (non-hydrogen) atoms. The molecule has 0 amide bonds. The van der Waals surface area contributed by atoms with Crippen molar-refractivity contribution >= 4 is 11.8 Å². The maximum Gasteiger partial charge on any atom is 0.0974 e. The molecule has 0 heterocycles. The fraction of sp³-hybridized carbons (Fsp3) is 0.250. The zero-order valence-electron chi connectivity index (χ0n) is 10.7. The van der Waals surface area contributed by atoms with Gasteiger partial charge in [-0.15, -0.1) is 0 Å². The van der Waals surface area contributed by atoms with Gasteiger partial charge in [-0.2, -0.15) is 11.8 Å². The fourth-order valence-corrected chi connectivity index (χ4v) is 2.84. The summed E-state index contributed by atoms with van der Waals surface area (Å²) >= 11 is 1.68. The number of benzene rings is 2. The largest absolute Gasteiger partial charge is 0.387 e. The molecule has 2 heteroatoms. The Morgan fingerprint density at radius 3 is 1.94 bits per heavy atom. The van der Waals surface area contributed by atoms with Crippen LogP contribution in [0.15, 0.2) is 60.7 Å². The molecule has 0 fully saturated rings. The van der Waals surface area contributed by atoms with Crippen LogP contribution in [0.4, 0.5) is 0 Å². The molecule has 94 valence electrons. The smallest absolute Gasteiger partial charge is 0.0974 e. The highest BCUT2D eigenvalue weighted by atomic mass is 32.2. The third-order valence-electron chi connectivity index (χ3n) is 3.41. The molecule has 2 unspecified atom stereocenters. The summed E-state index contributed by atoms with van der Waals surface area (Å²) in [6, 6.07) is 20.0. The van der Waals surface area contributed by atoms with Crippen molar-refractivity contribution in [3.8, 4) is 0 Å². The van der Waals surface area contributed by atoms with Crippen molar-refractivity contribution in [2.45, 2.75) is 17.8 Å². The van der Waals surface area contributed by atoms with Crippen molar-refractivity contribution < 1.29 is 5.11 Å². The lowest BCUT2D eigenvalue weighted by molar-refractivity contribution is 0.136. The van der Waals surface area contributed by atoms with Gasteiger partial charge in [0.15, 0.2) is 0 Å². The Balaban J connectivity index is 2.39. The second-order valence-corrected chi connectivity index (χ2v) is 5.75. The summed E-state index contributed by atoms with van der Waals surface area (Å²) in [6.45, 7) is 2.09. The molecule has 0 aromatic heterocycles. The van der Waals surface area contributed by atoms with Gasteiger partial charge in [0.1, 0.15) is 0 Å². The number of thioether (sulfide) groups is 1. The second kappa shape index (κ2) is 5.59. The average molecular weight is 258 g/mol. The Morgan fingerprint density at radius 1 is 0.944 bits per heavy atom. The highest BCUT2D eigenvalue weighted by Gasteiger charge is 2.34. The van der Waals surface area contributed by atoms with Gasteiger partial charge in [-0.25, -0.2) is 0 Å². The summed E-state index contributed by atoms with van der Waals surface area (Å²) in [5.74, 6) is 0. The number of aliphatic hydroxyl groups is 1. The van der Waals surface area contributed by atoms with E-state index in [1.54, 1.807) is 11.8 Å². The minimum absolute atomic E-state index is 0.331. The molecule has 0 saturated carbocycles. The average Bonchev–Trinajstić information content (AvgIpc) is 2.47. The van der Waals surface area contributed by atoms with E-state index >= 15 is 0 Å². The van der Waals surface area contributed by atoms with Gasteiger partial charge in [0.25, 0.3) is 0 Å². The topological polar surface area (TPSA) is 20.2 Å². The SMILES string of the molecule is CSC(C)(c1ccccc1)C(O)c1ccccc1. The van der Waals surface area contributed by atoms with E-state index < -0.39 is 6.10 Å². The maximum atomic E-state index is 10.7. The van der Waals surface area contributed by atoms with Gasteiger partial charge in [-0.05, 0) is 24.3 Å². The molecular weight excluding hydrogens is 240 g/mol. The van der Waals surface area contributed by atoms with Crippen molar-refractivity contribution in [2.24, 2.45) is 0 Å². The highest BCUT2D eigenvalue weighted by molar-refractivity contribution is 7.99. The van der Waals surface area contributed by atoms with Crippen LogP contribution in [-0.4, -0.2) is 11.4 Å². The van der Waals surface area contributed by atoms with Gasteiger partial charge in [-0.3, -0.25) is 0 Å². The van der Waals surface area contributed by atoms with Gasteiger partial charge in [0.2, 0.25) is 0 Å². The predicted octanol–water partition coefficient (Wildman–Crippen LogP) is 4.00. The third-order valence-corrected chi connectivity index (χ3v) is 4.72. The van der Waals surface area contributed by atoms with Crippen LogP contribution in [0.3, 0.4) is 0 Å². The zero-order valence-corrected chi connectivity index (χ0v) is 11.5. The van der Waals surface area contributed by atoms with Gasteiger partial charge in [0, 0.05) is 0 Å². The van der Waals surface area contributed by atoms with Crippen molar-refractivity contribution in [3.05, 3.63) is 71.8 Å². The molecule has 1 N–H and O–H groups in total. The second-order valence-electron chi connectivity index (χ2n) is 4.49. The number of hydrogen-bond acceptors (Lipinski definition) is 2. The first kappa shape index (κ1) is 13.2. The molecule has 2 aromatic carbocycles. The quantitative estimate of drug-likeness (QED) is 0.894. The summed E-state index contributed by atoms with van der Waals surface area (Å²) in [7, 11) is 0. The molecule has 0 bridgehead atoms. The summed E-state index contributed by atoms with van der Waals surface area (Å²) < 4.78 is -0.331. The van der Waals surface area contributed by atoms with E-state index in [-0.39, 0.29) is 4.75 Å². The molecule has 2 rings (SSSR count). The Kier molecular flexibility index (Phi) is 4.10. The molecule has 0 spiro atoms. The first-order valence-corrected chi connectivity index (χ1v) is 7.24. The lowest BCUT2D eigenvalue weighted by atomic mass is 9.90. The summed E-state index contributed by atoms with van der Waals surface area (Å²) in [5, 5.41) is 10.7. The summed E-state index contributed by atoms with van der Waals surface area (Å²) in [4.78, 5) is 0. The molecule has 0 aliphatic rings. The van der Waals surface area contributed by atoms with E-state index in [4.69, 9.17) is 0 Å². The first-order chi connectivity index (χ1) is 8.68. The lowest BCUT2D eigenvalue weighted by Gasteiger charge is -2.33. The Hall–Kier alpha value is -1.25. The molecule has 0 saturated heterocycles. The lowest BCUT2D eigenvalue weighted by Crippen LogP contribution is -2.26. The Bertz CT molecular complexity index is 483. The standard InChI is InChI=1S/C16H18OS/c1-16(18-2,14-11-7-4-8-12-14)15(17)13-9-5-3-6-10-13/h3-12,15,17H,1-2H3. The summed E-state index contributed by atoms with van der Waals surface area (Å²) in [5.41, 5.74) is 2.10. The van der Waals surface area contributed by atoms with Crippen LogP contribution in [0.2, 0.25) is 0 Å². The molecule has 1 nitrogen and oxygen atoms in total. The van der Waals surface area contributed by atoms with Crippen LogP contribution in [0, 0.1) is 0 Å². The predicted molar refractivity (Wildman–Crippen MR) is 78.7 cm³/mol. The number of rotatable bonds is 4. The van der Waals surface area contributed by atoms with Crippen molar-refractivity contribution in [1.29, 1.82) is 0 Å². The molecule has 2 atom stereocenters. The van der Waals surface area contributed by atoms with Crippen LogP contribution in [0.25, 0.3) is 0 Å². The minimum Gasteiger partial charge on any atom is -0.387 e. The van der Waals surface area contributed by atoms with E-state index in [1.807, 2.05) is 54.8 Å². The van der Waals surface area contributed by atoms with Crippen molar-refractivity contribution in [3.63, 3.8) is 0 Å². The monoisotopic (exact) mass is 258 g/mol. The van der Waals surface area contributed by atoms with Crippen LogP contribution < -0.4 is 0 Å². The minimum atomic E-state index is -0.518. The Morgan fingerprint density at radius 2 is 1.44 bits per heavy atom. The molecule has 0 radical (unpaired) electrons. The van der Waals surface area contributed by atoms with E-state index in [2.05, 4.69) is 19.1 Å². The van der Waals surface area contributed by atoms with E-state index in [1.165, 1.54) is 0 Å². The first-order valence-electron chi connectivity index (χ1n) is 6.02. The number of aliphatic hydroxyl groups excluding tert-OH is 1. The van der Waals surface area contributed by atoms with Crippen LogP contribution in [0.1, 0.15) is 24.2 Å². The van der Waals surface area contributed by atoms with Gasteiger partial charge in [0.05, 0.1) is 10.9 Å². The van der Waals surface area contributed by atoms with E-state index in [9.17, 15) is 5.11 Å². The molecule has 0 aliphatic carbocycles. The maximum absolute atomic E-state index is 10.7. The van der Waals surface area contributed by atoms with Gasteiger partial charge in [-0.1, -0.05) is 60.7 Å². The zero-order chi connectivity index (χ0) is 13.0. The van der Waals surface area contributed by atoms with Crippen molar-refractivity contribution in [2.75, 3.05) is 6.26 Å². The van der Waals surface area contributed by atoms with Crippen LogP contribution in [-0.2, 0) is 4.75 Å². The normalized spacial score (nSPS) is 15.9. The summed E-state index contributed by atoms with van der Waals surface area (Å²) in [6.07, 6.45) is 1.52. The fourth-order valence-electron chi connectivity index (χ4n) is 2.11. The highest BCUT2D eigenvalue weighted by Crippen LogP contribution is 2.44. The molecule has 2 aromatic rings. The number of hydrogen-bond donors (Lipinski definition) is 1. The molecule has 0 aliphatic heterocycles. The van der Waals surface area contributed by atoms with Crippen LogP contribution >= 0.6 is 11.8 Å². The van der Waals surface area contributed by atoms with E-state index in [0.29, 0.717) is 0 Å².